The predicted molar refractivity (Wildman–Crippen MR) is 150 cm³/mol. The molecule has 2 aliphatic heterocycles. The Morgan fingerprint density at radius 3 is 2.63 bits per heavy atom. The number of aromatic nitrogens is 4. The Kier molecular flexibility index (Phi) is 6.90. The smallest absolute Gasteiger partial charge is 0.317 e. The fourth-order valence-corrected chi connectivity index (χ4v) is 5.26. The lowest BCUT2D eigenvalue weighted by atomic mass is 9.67. The number of likely N-dealkylation sites (N-methyl/N-ethyl adjacent to an activating group) is 1. The second kappa shape index (κ2) is 10.0. The van der Waals surface area contributed by atoms with E-state index >= 15 is 0 Å². The Hall–Kier alpha value is -3.46. The molecule has 1 fully saturated rings. The molecular weight excluding hydrogens is 476 g/mol. The summed E-state index contributed by atoms with van der Waals surface area (Å²) in [6.45, 7) is 16.0. The molecule has 5 rings (SSSR count). The fourth-order valence-electron chi connectivity index (χ4n) is 5.26. The maximum absolute atomic E-state index is 12.9. The Balaban J connectivity index is 1.22. The number of anilines is 2. The van der Waals surface area contributed by atoms with Crippen LogP contribution in [0.15, 0.2) is 36.7 Å². The molecule has 9 heteroatoms. The summed E-state index contributed by atoms with van der Waals surface area (Å²) >= 11 is 0. The van der Waals surface area contributed by atoms with Gasteiger partial charge in [-0.2, -0.15) is 5.10 Å². The molecule has 1 aromatic carbocycles. The van der Waals surface area contributed by atoms with Gasteiger partial charge >= 0.3 is 6.03 Å². The largest absolute Gasteiger partial charge is 0.334 e. The third kappa shape index (κ3) is 5.38. The summed E-state index contributed by atoms with van der Waals surface area (Å²) in [5.41, 5.74) is 5.56. The van der Waals surface area contributed by atoms with E-state index in [0.29, 0.717) is 12.4 Å². The molecule has 1 saturated heterocycles. The second-order valence-electron chi connectivity index (χ2n) is 12.2. The third-order valence-electron chi connectivity index (χ3n) is 8.55. The number of benzene rings is 1. The van der Waals surface area contributed by atoms with E-state index in [1.165, 1.54) is 5.69 Å². The van der Waals surface area contributed by atoms with Gasteiger partial charge in [0.05, 0.1) is 17.9 Å². The molecule has 38 heavy (non-hydrogen) atoms. The predicted octanol–water partition coefficient (Wildman–Crippen LogP) is 4.81. The van der Waals surface area contributed by atoms with E-state index in [4.69, 9.17) is 0 Å². The molecule has 3 aromatic rings. The standard InChI is InChI=1S/C29H40N8O/c1-20-13-21(7-8-22(20)16-30-27(38)36-10-9-29(5,18-36)28(2,3)4)24-15-25(32-19-31-24)33-26-14-23-17-35(6)11-12-37(23)34-26/h7-8,13-15,19H,9-12,16-18H2,1-6H3,(H,30,38)(H,31,32,33,34)/t29-/m0/s1. The average Bonchev–Trinajstić information content (AvgIpc) is 3.46. The molecule has 0 unspecified atom stereocenters. The van der Waals surface area contributed by atoms with Crippen LogP contribution >= 0.6 is 0 Å². The highest BCUT2D eigenvalue weighted by Gasteiger charge is 2.44. The van der Waals surface area contributed by atoms with Gasteiger partial charge in [0.15, 0.2) is 5.82 Å². The first-order valence-corrected chi connectivity index (χ1v) is 13.5. The van der Waals surface area contributed by atoms with Crippen LogP contribution in [-0.4, -0.2) is 62.3 Å². The van der Waals surface area contributed by atoms with Crippen LogP contribution in [0, 0.1) is 17.8 Å². The highest BCUT2D eigenvalue weighted by atomic mass is 16.2. The molecular formula is C29H40N8O. The molecule has 4 heterocycles. The minimum atomic E-state index is 0.0144. The number of amides is 2. The van der Waals surface area contributed by atoms with E-state index in [1.807, 2.05) is 11.0 Å². The normalized spacial score (nSPS) is 19.9. The average molecular weight is 517 g/mol. The Labute approximate surface area is 225 Å². The fraction of sp³-hybridized carbons (Fsp3) is 0.517. The summed E-state index contributed by atoms with van der Waals surface area (Å²) in [6.07, 6.45) is 2.61. The molecule has 2 aromatic heterocycles. The van der Waals surface area contributed by atoms with Crippen molar-refractivity contribution >= 4 is 17.7 Å². The molecule has 0 saturated carbocycles. The number of nitrogens with one attached hydrogen (secondary N) is 2. The number of aryl methyl sites for hydroxylation is 1. The topological polar surface area (TPSA) is 91.2 Å². The Bertz CT molecular complexity index is 1330. The van der Waals surface area contributed by atoms with Gasteiger partial charge in [-0.15, -0.1) is 0 Å². The number of urea groups is 1. The Morgan fingerprint density at radius 2 is 1.89 bits per heavy atom. The van der Waals surface area contributed by atoms with Crippen molar-refractivity contribution in [2.75, 3.05) is 32.0 Å². The SMILES string of the molecule is Cc1cc(-c2cc(Nc3cc4n(n3)CCN(C)C4)ncn2)ccc1CNC(=O)N1CC[C@](C)(C(C)(C)C)C1. The van der Waals surface area contributed by atoms with Crippen molar-refractivity contribution in [2.45, 2.75) is 60.7 Å². The van der Waals surface area contributed by atoms with Crippen molar-refractivity contribution in [3.8, 4) is 11.3 Å². The van der Waals surface area contributed by atoms with E-state index < -0.39 is 0 Å². The van der Waals surface area contributed by atoms with Crippen LogP contribution in [0.2, 0.25) is 0 Å². The van der Waals surface area contributed by atoms with E-state index in [2.05, 4.69) is 101 Å². The molecule has 2 N–H and O–H groups in total. The van der Waals surface area contributed by atoms with E-state index in [1.54, 1.807) is 6.33 Å². The minimum Gasteiger partial charge on any atom is -0.334 e. The summed E-state index contributed by atoms with van der Waals surface area (Å²) in [7, 11) is 2.12. The molecule has 0 aliphatic carbocycles. The van der Waals surface area contributed by atoms with Crippen LogP contribution in [0.4, 0.5) is 16.4 Å². The van der Waals surface area contributed by atoms with Crippen LogP contribution in [0.25, 0.3) is 11.3 Å². The molecule has 0 radical (unpaired) electrons. The van der Waals surface area contributed by atoms with E-state index in [0.717, 1.165) is 67.3 Å². The number of nitrogens with zero attached hydrogens (tertiary/aromatic N) is 6. The number of carbonyl (C=O) groups is 1. The quantitative estimate of drug-likeness (QED) is 0.506. The third-order valence-corrected chi connectivity index (χ3v) is 8.55. The van der Waals surface area contributed by atoms with Crippen molar-refractivity contribution in [1.29, 1.82) is 0 Å². The first-order valence-electron chi connectivity index (χ1n) is 13.5. The number of likely N-dealkylation sites (tertiary alicyclic amines) is 1. The van der Waals surface area contributed by atoms with Gasteiger partial charge in [0, 0.05) is 50.4 Å². The lowest BCUT2D eigenvalue weighted by Gasteiger charge is -2.38. The zero-order valence-corrected chi connectivity index (χ0v) is 23.5. The van der Waals surface area contributed by atoms with Gasteiger partial charge in [0.1, 0.15) is 12.1 Å². The maximum atomic E-state index is 12.9. The highest BCUT2D eigenvalue weighted by Crippen LogP contribution is 2.45. The lowest BCUT2D eigenvalue weighted by molar-refractivity contribution is 0.118. The van der Waals surface area contributed by atoms with Gasteiger partial charge in [0.2, 0.25) is 0 Å². The van der Waals surface area contributed by atoms with Crippen LogP contribution in [0.3, 0.4) is 0 Å². The molecule has 1 atom stereocenters. The van der Waals surface area contributed by atoms with Crippen LogP contribution in [0.1, 0.15) is 50.9 Å². The first-order chi connectivity index (χ1) is 18.0. The van der Waals surface area contributed by atoms with Crippen molar-refractivity contribution in [3.05, 3.63) is 53.5 Å². The van der Waals surface area contributed by atoms with Gasteiger partial charge < -0.3 is 15.5 Å². The van der Waals surface area contributed by atoms with Crippen molar-refractivity contribution in [1.82, 2.24) is 34.9 Å². The van der Waals surface area contributed by atoms with Crippen LogP contribution in [0.5, 0.6) is 0 Å². The monoisotopic (exact) mass is 516 g/mol. The summed E-state index contributed by atoms with van der Waals surface area (Å²) in [6, 6.07) is 10.3. The zero-order chi connectivity index (χ0) is 27.1. The molecule has 9 nitrogen and oxygen atoms in total. The van der Waals surface area contributed by atoms with E-state index in [-0.39, 0.29) is 16.9 Å². The van der Waals surface area contributed by atoms with Gasteiger partial charge in [0.25, 0.3) is 0 Å². The summed E-state index contributed by atoms with van der Waals surface area (Å²) in [5, 5.41) is 11.1. The molecule has 2 amide bonds. The van der Waals surface area contributed by atoms with E-state index in [9.17, 15) is 4.79 Å². The lowest BCUT2D eigenvalue weighted by Crippen LogP contribution is -2.41. The number of carbonyl (C=O) groups excluding carboxylic acids is 1. The summed E-state index contributed by atoms with van der Waals surface area (Å²) < 4.78 is 2.05. The summed E-state index contributed by atoms with van der Waals surface area (Å²) in [5.74, 6) is 1.50. The van der Waals surface area contributed by atoms with Gasteiger partial charge in [-0.1, -0.05) is 39.8 Å². The molecule has 0 spiro atoms. The zero-order valence-electron chi connectivity index (χ0n) is 23.5. The van der Waals surface area contributed by atoms with Crippen molar-refractivity contribution < 1.29 is 4.79 Å². The first kappa shape index (κ1) is 26.2. The van der Waals surface area contributed by atoms with Crippen molar-refractivity contribution in [3.63, 3.8) is 0 Å². The van der Waals surface area contributed by atoms with Crippen LogP contribution < -0.4 is 10.6 Å². The molecule has 2 aliphatic rings. The number of rotatable bonds is 5. The summed E-state index contributed by atoms with van der Waals surface area (Å²) in [4.78, 5) is 26.0. The highest BCUT2D eigenvalue weighted by molar-refractivity contribution is 5.74. The van der Waals surface area contributed by atoms with Crippen LogP contribution in [-0.2, 0) is 19.6 Å². The van der Waals surface area contributed by atoms with Gasteiger partial charge in [-0.25, -0.2) is 14.8 Å². The van der Waals surface area contributed by atoms with Gasteiger partial charge in [-0.3, -0.25) is 9.58 Å². The molecule has 0 bridgehead atoms. The number of hydrogen-bond donors (Lipinski definition) is 2. The minimum absolute atomic E-state index is 0.0144. The number of fused-ring (bicyclic) bond motifs is 1. The number of hydrogen-bond acceptors (Lipinski definition) is 6. The Morgan fingerprint density at radius 1 is 1.08 bits per heavy atom. The van der Waals surface area contributed by atoms with Gasteiger partial charge in [-0.05, 0) is 48.4 Å². The molecule has 202 valence electrons. The second-order valence-corrected chi connectivity index (χ2v) is 12.2. The maximum Gasteiger partial charge on any atom is 0.317 e. The van der Waals surface area contributed by atoms with Crippen molar-refractivity contribution in [2.24, 2.45) is 10.8 Å².